The van der Waals surface area contributed by atoms with E-state index in [1.165, 1.54) is 6.07 Å². The predicted octanol–water partition coefficient (Wildman–Crippen LogP) is 6.82. The van der Waals surface area contributed by atoms with Gasteiger partial charge in [-0.05, 0) is 56.0 Å². The van der Waals surface area contributed by atoms with Crippen LogP contribution in [-0.2, 0) is 26.2 Å². The van der Waals surface area contributed by atoms with Gasteiger partial charge >= 0.3 is 7.12 Å². The molecular weight excluding hydrogens is 550 g/mol. The molecule has 2 atom stereocenters. The van der Waals surface area contributed by atoms with Crippen molar-refractivity contribution in [3.63, 3.8) is 0 Å². The van der Waals surface area contributed by atoms with Crippen molar-refractivity contribution in [2.75, 3.05) is 6.54 Å². The van der Waals surface area contributed by atoms with Gasteiger partial charge < -0.3 is 14.2 Å². The Morgan fingerprint density at radius 2 is 1.27 bits per heavy atom. The molecule has 2 saturated heterocycles. The SMILES string of the molecule is CC1(C)OB(C2=CN(C(=O)[C@H]3CN3C(c3ccccc3)(c3ccccc3)c3ccccc3)Cc3cccc(F)c32)OC1(C)C. The largest absolute Gasteiger partial charge is 0.497 e. The van der Waals surface area contributed by atoms with E-state index in [0.29, 0.717) is 17.6 Å². The average molecular weight is 587 g/mol. The van der Waals surface area contributed by atoms with Crippen molar-refractivity contribution in [1.29, 1.82) is 0 Å². The van der Waals surface area contributed by atoms with E-state index in [-0.39, 0.29) is 24.3 Å². The van der Waals surface area contributed by atoms with E-state index < -0.39 is 23.9 Å². The molecule has 0 N–H and O–H groups in total. The Morgan fingerprint density at radius 1 is 0.773 bits per heavy atom. The third kappa shape index (κ3) is 4.53. The van der Waals surface area contributed by atoms with E-state index in [0.717, 1.165) is 22.3 Å². The number of nitrogens with zero attached hydrogens (tertiary/aromatic N) is 2. The minimum Gasteiger partial charge on any atom is -0.399 e. The summed E-state index contributed by atoms with van der Waals surface area (Å²) in [6.07, 6.45) is 1.75. The van der Waals surface area contributed by atoms with E-state index in [2.05, 4.69) is 41.3 Å². The molecule has 5 nitrogen and oxygen atoms in total. The third-order valence-corrected chi connectivity index (χ3v) is 9.72. The average Bonchev–Trinajstić information content (AvgIpc) is 3.79. The zero-order valence-electron chi connectivity index (χ0n) is 25.5. The number of amides is 1. The molecule has 3 aliphatic rings. The van der Waals surface area contributed by atoms with Crippen LogP contribution in [0.5, 0.6) is 0 Å². The standard InChI is InChI=1S/C37H36BFN2O3/c1-35(2)36(3,4)44-38(43-35)30-24-40(23-26-15-14-22-31(39)33(26)30)34(42)32-25-41(32)37(27-16-8-5-9-17-27,28-18-10-6-11-19-28)29-20-12-7-13-21-29/h5-22,24,32H,23,25H2,1-4H3/t32-,41?/m1/s1. The van der Waals surface area contributed by atoms with Gasteiger partial charge in [0.1, 0.15) is 11.9 Å². The summed E-state index contributed by atoms with van der Waals surface area (Å²) in [4.78, 5) is 18.5. The van der Waals surface area contributed by atoms with Gasteiger partial charge in [-0.2, -0.15) is 0 Å². The minimum absolute atomic E-state index is 0.0407. The highest BCUT2D eigenvalue weighted by atomic mass is 19.1. The molecule has 4 aromatic rings. The molecule has 0 spiro atoms. The molecule has 7 rings (SSSR count). The second-order valence-corrected chi connectivity index (χ2v) is 12.9. The third-order valence-electron chi connectivity index (χ3n) is 9.72. The predicted molar refractivity (Wildman–Crippen MR) is 171 cm³/mol. The lowest BCUT2D eigenvalue weighted by Crippen LogP contribution is -2.42. The number of rotatable bonds is 6. The summed E-state index contributed by atoms with van der Waals surface area (Å²) < 4.78 is 28.1. The summed E-state index contributed by atoms with van der Waals surface area (Å²) in [5.74, 6) is -0.388. The molecule has 3 heterocycles. The Balaban J connectivity index is 1.30. The second-order valence-electron chi connectivity index (χ2n) is 12.9. The minimum atomic E-state index is -0.807. The second kappa shape index (κ2) is 10.5. The van der Waals surface area contributed by atoms with Crippen LogP contribution in [0.1, 0.15) is 55.5 Å². The van der Waals surface area contributed by atoms with Gasteiger partial charge in [-0.15, -0.1) is 0 Å². The lowest BCUT2D eigenvalue weighted by Gasteiger charge is -2.38. The first-order valence-corrected chi connectivity index (χ1v) is 15.2. The summed E-state index contributed by atoms with van der Waals surface area (Å²) >= 11 is 0. The highest BCUT2D eigenvalue weighted by molar-refractivity contribution is 6.69. The number of carbonyl (C=O) groups is 1. The van der Waals surface area contributed by atoms with Crippen LogP contribution >= 0.6 is 0 Å². The van der Waals surface area contributed by atoms with Crippen LogP contribution in [0.25, 0.3) is 5.47 Å². The number of carbonyl (C=O) groups excluding carboxylic acids is 1. The normalized spacial score (nSPS) is 21.9. The van der Waals surface area contributed by atoms with E-state index in [9.17, 15) is 4.79 Å². The summed E-state index contributed by atoms with van der Waals surface area (Å²) in [5.41, 5.74) is 3.10. The van der Waals surface area contributed by atoms with Crippen molar-refractivity contribution in [1.82, 2.24) is 9.80 Å². The molecule has 1 unspecified atom stereocenters. The molecule has 44 heavy (non-hydrogen) atoms. The van der Waals surface area contributed by atoms with Crippen LogP contribution in [-0.4, -0.2) is 46.6 Å². The van der Waals surface area contributed by atoms with Gasteiger partial charge in [-0.3, -0.25) is 9.69 Å². The molecule has 0 saturated carbocycles. The van der Waals surface area contributed by atoms with Gasteiger partial charge in [0.15, 0.2) is 0 Å². The molecule has 0 bridgehead atoms. The van der Waals surface area contributed by atoms with Crippen molar-refractivity contribution in [3.05, 3.63) is 149 Å². The molecule has 7 heteroatoms. The zero-order valence-corrected chi connectivity index (χ0v) is 25.5. The van der Waals surface area contributed by atoms with Crippen molar-refractivity contribution >= 4 is 18.5 Å². The Bertz CT molecular complexity index is 1610. The number of hydrogen-bond acceptors (Lipinski definition) is 4. The number of fused-ring (bicyclic) bond motifs is 1. The van der Waals surface area contributed by atoms with Gasteiger partial charge in [0.2, 0.25) is 5.91 Å². The van der Waals surface area contributed by atoms with E-state index >= 15 is 4.39 Å². The topological polar surface area (TPSA) is 41.8 Å². The maximum atomic E-state index is 15.4. The number of benzene rings is 4. The Kier molecular flexibility index (Phi) is 6.89. The summed E-state index contributed by atoms with van der Waals surface area (Å²) in [6, 6.07) is 35.8. The van der Waals surface area contributed by atoms with Crippen molar-refractivity contribution in [2.45, 2.75) is 57.0 Å². The van der Waals surface area contributed by atoms with Crippen LogP contribution in [0.15, 0.2) is 115 Å². The van der Waals surface area contributed by atoms with Gasteiger partial charge in [0.05, 0.1) is 23.3 Å². The Labute approximate surface area is 259 Å². The first-order chi connectivity index (χ1) is 21.1. The van der Waals surface area contributed by atoms with Crippen LogP contribution in [0.4, 0.5) is 4.39 Å². The quantitative estimate of drug-likeness (QED) is 0.141. The summed E-state index contributed by atoms with van der Waals surface area (Å²) in [7, 11) is -0.807. The van der Waals surface area contributed by atoms with Gasteiger partial charge in [-0.25, -0.2) is 4.39 Å². The van der Waals surface area contributed by atoms with Crippen LogP contribution < -0.4 is 0 Å². The van der Waals surface area contributed by atoms with Gasteiger partial charge in [0.25, 0.3) is 0 Å². The fourth-order valence-corrected chi connectivity index (χ4v) is 6.72. The fourth-order valence-electron chi connectivity index (χ4n) is 6.72. The zero-order chi connectivity index (χ0) is 30.7. The van der Waals surface area contributed by atoms with Crippen molar-refractivity contribution < 1.29 is 18.5 Å². The Hall–Kier alpha value is -4.04. The first kappa shape index (κ1) is 28.7. The molecule has 4 aromatic carbocycles. The highest BCUT2D eigenvalue weighted by Gasteiger charge is 2.58. The lowest BCUT2D eigenvalue weighted by molar-refractivity contribution is -0.129. The van der Waals surface area contributed by atoms with Crippen LogP contribution in [0.2, 0.25) is 0 Å². The maximum Gasteiger partial charge on any atom is 0.497 e. The smallest absolute Gasteiger partial charge is 0.399 e. The molecule has 222 valence electrons. The molecule has 0 radical (unpaired) electrons. The van der Waals surface area contributed by atoms with E-state index in [1.807, 2.05) is 88.4 Å². The lowest BCUT2D eigenvalue weighted by atomic mass is 9.71. The first-order valence-electron chi connectivity index (χ1n) is 15.2. The van der Waals surface area contributed by atoms with E-state index in [4.69, 9.17) is 9.31 Å². The Morgan fingerprint density at radius 3 is 1.77 bits per heavy atom. The van der Waals surface area contributed by atoms with Crippen LogP contribution in [0, 0.1) is 5.82 Å². The molecule has 0 aliphatic carbocycles. The number of hydrogen-bond donors (Lipinski definition) is 0. The van der Waals surface area contributed by atoms with E-state index in [1.54, 1.807) is 17.2 Å². The maximum absolute atomic E-state index is 15.4. The molecule has 3 aliphatic heterocycles. The molecule has 1 amide bonds. The molecular formula is C37H36BFN2O3. The summed E-state index contributed by atoms with van der Waals surface area (Å²) in [5, 5.41) is 0. The fraction of sp³-hybridized carbons (Fsp3) is 0.270. The van der Waals surface area contributed by atoms with Crippen molar-refractivity contribution in [2.24, 2.45) is 0 Å². The highest BCUT2D eigenvalue weighted by Crippen LogP contribution is 2.49. The van der Waals surface area contributed by atoms with Crippen LogP contribution in [0.3, 0.4) is 0 Å². The molecule has 2 fully saturated rings. The summed E-state index contributed by atoms with van der Waals surface area (Å²) in [6.45, 7) is 8.73. The van der Waals surface area contributed by atoms with Crippen molar-refractivity contribution in [3.8, 4) is 0 Å². The number of halogens is 1. The monoisotopic (exact) mass is 586 g/mol. The van der Waals surface area contributed by atoms with Gasteiger partial charge in [-0.1, -0.05) is 103 Å². The molecule has 0 aromatic heterocycles. The van der Waals surface area contributed by atoms with Gasteiger partial charge in [0, 0.05) is 23.8 Å².